The molecule has 1 unspecified atom stereocenters. The van der Waals surface area contributed by atoms with E-state index in [4.69, 9.17) is 0 Å². The number of unbranched alkanes of at least 4 members (excludes halogenated alkanes) is 3. The van der Waals surface area contributed by atoms with E-state index in [1.165, 1.54) is 31.3 Å². The molecule has 1 nitrogen and oxygen atoms in total. The van der Waals surface area contributed by atoms with E-state index in [9.17, 15) is 5.11 Å². The van der Waals surface area contributed by atoms with Gasteiger partial charge in [0.1, 0.15) is 0 Å². The maximum absolute atomic E-state index is 10.1. The largest absolute Gasteiger partial charge is 0.389 e. The highest BCUT2D eigenvalue weighted by atomic mass is 16.3. The summed E-state index contributed by atoms with van der Waals surface area (Å²) in [5.41, 5.74) is 2.42. The van der Waals surface area contributed by atoms with Crippen LogP contribution in [0.15, 0.2) is 23.8 Å². The first-order chi connectivity index (χ1) is 8.97. The van der Waals surface area contributed by atoms with Crippen LogP contribution in [0.5, 0.6) is 0 Å². The van der Waals surface area contributed by atoms with Crippen molar-refractivity contribution in [1.82, 2.24) is 0 Å². The van der Waals surface area contributed by atoms with Crippen molar-refractivity contribution >= 4 is 0 Å². The Labute approximate surface area is 120 Å². The highest BCUT2D eigenvalue weighted by molar-refractivity contribution is 5.02. The van der Waals surface area contributed by atoms with Gasteiger partial charge in [0.15, 0.2) is 0 Å². The molecular weight excluding hydrogens is 232 g/mol. The summed E-state index contributed by atoms with van der Waals surface area (Å²) < 4.78 is 0. The molecule has 0 bridgehead atoms. The molecule has 2 atom stereocenters. The van der Waals surface area contributed by atoms with E-state index in [0.29, 0.717) is 5.92 Å². The van der Waals surface area contributed by atoms with Gasteiger partial charge in [0.25, 0.3) is 0 Å². The Balaban J connectivity index is 3.78. The highest BCUT2D eigenvalue weighted by Gasteiger charge is 2.12. The molecule has 0 aromatic rings. The molecule has 0 fully saturated rings. The third kappa shape index (κ3) is 11.0. The third-order valence-electron chi connectivity index (χ3n) is 3.66. The summed E-state index contributed by atoms with van der Waals surface area (Å²) in [6, 6.07) is 0. The molecule has 0 aliphatic carbocycles. The molecule has 0 heterocycles. The van der Waals surface area contributed by atoms with Crippen molar-refractivity contribution in [3.05, 3.63) is 23.8 Å². The van der Waals surface area contributed by atoms with E-state index in [1.807, 2.05) is 0 Å². The molecule has 0 saturated carbocycles. The lowest BCUT2D eigenvalue weighted by atomic mass is 9.92. The van der Waals surface area contributed by atoms with E-state index in [1.54, 1.807) is 0 Å². The number of aliphatic hydroxyl groups is 1. The van der Waals surface area contributed by atoms with Gasteiger partial charge in [-0.3, -0.25) is 0 Å². The molecule has 0 spiro atoms. The molecule has 0 aromatic heterocycles. The van der Waals surface area contributed by atoms with Crippen molar-refractivity contribution in [2.75, 3.05) is 0 Å². The lowest BCUT2D eigenvalue weighted by Gasteiger charge is -2.18. The fraction of sp³-hybridized carbons (Fsp3) is 0.778. The topological polar surface area (TPSA) is 20.2 Å². The van der Waals surface area contributed by atoms with Crippen LogP contribution in [0.2, 0.25) is 0 Å². The van der Waals surface area contributed by atoms with Crippen LogP contribution in [0.3, 0.4) is 0 Å². The molecule has 0 rings (SSSR count). The van der Waals surface area contributed by atoms with Crippen molar-refractivity contribution in [2.24, 2.45) is 5.92 Å². The normalized spacial score (nSPS) is 13.9. The predicted molar refractivity (Wildman–Crippen MR) is 86.4 cm³/mol. The molecule has 19 heavy (non-hydrogen) atoms. The molecular formula is C18H34O. The second-order valence-corrected chi connectivity index (χ2v) is 6.18. The maximum atomic E-state index is 10.1. The second kappa shape index (κ2) is 11.3. The Hall–Kier alpha value is -0.560. The Kier molecular flexibility index (Phi) is 10.9. The van der Waals surface area contributed by atoms with E-state index in [-0.39, 0.29) is 6.10 Å². The van der Waals surface area contributed by atoms with Crippen molar-refractivity contribution in [1.29, 1.82) is 0 Å². The summed E-state index contributed by atoms with van der Waals surface area (Å²) in [5, 5.41) is 10.1. The number of rotatable bonds is 11. The minimum atomic E-state index is -0.302. The SMILES string of the molecule is C=C(CCCCCC)C(O)C[C@@H](C)CCC=C(C)C. The Morgan fingerprint density at radius 3 is 2.47 bits per heavy atom. The average Bonchev–Trinajstić information content (AvgIpc) is 2.33. The van der Waals surface area contributed by atoms with Gasteiger partial charge in [-0.05, 0) is 57.4 Å². The number of aliphatic hydroxyl groups excluding tert-OH is 1. The standard InChI is InChI=1S/C18H34O/c1-6-7-8-9-13-17(5)18(19)14-16(4)12-10-11-15(2)3/h11,16,18-19H,5-10,12-14H2,1-4H3/t16-,18?/m0/s1. The number of allylic oxidation sites excluding steroid dienone is 2. The van der Waals surface area contributed by atoms with Gasteiger partial charge in [0.05, 0.1) is 6.10 Å². The van der Waals surface area contributed by atoms with Crippen LogP contribution in [0, 0.1) is 5.92 Å². The van der Waals surface area contributed by atoms with E-state index < -0.39 is 0 Å². The first-order valence-corrected chi connectivity index (χ1v) is 7.96. The van der Waals surface area contributed by atoms with Crippen molar-refractivity contribution in [3.8, 4) is 0 Å². The van der Waals surface area contributed by atoms with Gasteiger partial charge in [0.2, 0.25) is 0 Å². The summed E-state index contributed by atoms with van der Waals surface area (Å²) in [6.07, 6.45) is 11.1. The monoisotopic (exact) mass is 266 g/mol. The molecule has 1 heteroatoms. The van der Waals surface area contributed by atoms with Crippen molar-refractivity contribution in [2.45, 2.75) is 85.2 Å². The van der Waals surface area contributed by atoms with Crippen LogP contribution in [0.1, 0.15) is 79.1 Å². The van der Waals surface area contributed by atoms with Gasteiger partial charge in [-0.1, -0.05) is 51.3 Å². The molecule has 0 aliphatic rings. The summed E-state index contributed by atoms with van der Waals surface area (Å²) in [7, 11) is 0. The predicted octanol–water partition coefficient (Wildman–Crippen LogP) is 5.65. The molecule has 1 N–H and O–H groups in total. The molecule has 0 saturated heterocycles. The van der Waals surface area contributed by atoms with E-state index in [0.717, 1.165) is 31.3 Å². The van der Waals surface area contributed by atoms with E-state index >= 15 is 0 Å². The van der Waals surface area contributed by atoms with Crippen LogP contribution in [-0.2, 0) is 0 Å². The molecule has 0 aliphatic heterocycles. The minimum Gasteiger partial charge on any atom is -0.389 e. The highest BCUT2D eigenvalue weighted by Crippen LogP contribution is 2.20. The van der Waals surface area contributed by atoms with Crippen LogP contribution in [0.4, 0.5) is 0 Å². The van der Waals surface area contributed by atoms with Crippen LogP contribution in [-0.4, -0.2) is 11.2 Å². The van der Waals surface area contributed by atoms with Gasteiger partial charge in [-0.15, -0.1) is 0 Å². The van der Waals surface area contributed by atoms with Gasteiger partial charge in [-0.25, -0.2) is 0 Å². The molecule has 0 aromatic carbocycles. The number of hydrogen-bond donors (Lipinski definition) is 1. The molecule has 0 amide bonds. The summed E-state index contributed by atoms with van der Waals surface area (Å²) in [6.45, 7) is 12.8. The lowest BCUT2D eigenvalue weighted by molar-refractivity contribution is 0.173. The third-order valence-corrected chi connectivity index (χ3v) is 3.66. The van der Waals surface area contributed by atoms with Gasteiger partial charge in [-0.2, -0.15) is 0 Å². The van der Waals surface area contributed by atoms with E-state index in [2.05, 4.69) is 40.3 Å². The zero-order valence-corrected chi connectivity index (χ0v) is 13.5. The van der Waals surface area contributed by atoms with Crippen molar-refractivity contribution in [3.63, 3.8) is 0 Å². The number of hydrogen-bond acceptors (Lipinski definition) is 1. The minimum absolute atomic E-state index is 0.302. The zero-order valence-electron chi connectivity index (χ0n) is 13.5. The maximum Gasteiger partial charge on any atom is 0.0750 e. The fourth-order valence-electron chi connectivity index (χ4n) is 2.27. The van der Waals surface area contributed by atoms with Gasteiger partial charge in [0, 0.05) is 0 Å². The van der Waals surface area contributed by atoms with Gasteiger partial charge < -0.3 is 5.11 Å². The Morgan fingerprint density at radius 2 is 1.89 bits per heavy atom. The smallest absolute Gasteiger partial charge is 0.0750 e. The zero-order chi connectivity index (χ0) is 14.7. The van der Waals surface area contributed by atoms with Crippen molar-refractivity contribution < 1.29 is 5.11 Å². The first kappa shape index (κ1) is 18.4. The quantitative estimate of drug-likeness (QED) is 0.378. The Morgan fingerprint density at radius 1 is 1.21 bits per heavy atom. The summed E-state index contributed by atoms with van der Waals surface area (Å²) in [4.78, 5) is 0. The van der Waals surface area contributed by atoms with Crippen LogP contribution >= 0.6 is 0 Å². The fourth-order valence-corrected chi connectivity index (χ4v) is 2.27. The summed E-state index contributed by atoms with van der Waals surface area (Å²) in [5.74, 6) is 0.568. The van der Waals surface area contributed by atoms with Crippen LogP contribution in [0.25, 0.3) is 0 Å². The second-order valence-electron chi connectivity index (χ2n) is 6.18. The molecule has 112 valence electrons. The lowest BCUT2D eigenvalue weighted by Crippen LogP contribution is -2.14. The molecule has 0 radical (unpaired) electrons. The summed E-state index contributed by atoms with van der Waals surface area (Å²) >= 11 is 0. The van der Waals surface area contributed by atoms with Crippen LogP contribution < -0.4 is 0 Å². The first-order valence-electron chi connectivity index (χ1n) is 7.96. The van der Waals surface area contributed by atoms with Gasteiger partial charge >= 0.3 is 0 Å². The average molecular weight is 266 g/mol. The Bertz CT molecular complexity index is 261.